The summed E-state index contributed by atoms with van der Waals surface area (Å²) in [4.78, 5) is 16.5. The van der Waals surface area contributed by atoms with Gasteiger partial charge in [-0.1, -0.05) is 42.5 Å². The number of benzene rings is 2. The van der Waals surface area contributed by atoms with Crippen molar-refractivity contribution < 1.29 is 13.9 Å². The van der Waals surface area contributed by atoms with Gasteiger partial charge in [0.2, 0.25) is 5.91 Å². The molecule has 26 heavy (non-hydrogen) atoms. The zero-order valence-electron chi connectivity index (χ0n) is 15.7. The second kappa shape index (κ2) is 10.0. The van der Waals surface area contributed by atoms with Gasteiger partial charge in [-0.3, -0.25) is 9.69 Å². The van der Waals surface area contributed by atoms with Gasteiger partial charge < -0.3 is 9.64 Å². The monoisotopic (exact) mass is 358 g/mol. The van der Waals surface area contributed by atoms with E-state index in [1.165, 1.54) is 12.1 Å². The molecule has 0 aliphatic rings. The highest BCUT2D eigenvalue weighted by Crippen LogP contribution is 2.19. The molecule has 0 spiro atoms. The molecule has 0 aromatic heterocycles. The number of halogens is 1. The second-order valence-electron chi connectivity index (χ2n) is 6.42. The van der Waals surface area contributed by atoms with Crippen LogP contribution in [0.15, 0.2) is 54.6 Å². The van der Waals surface area contributed by atoms with Crippen LogP contribution in [0, 0.1) is 5.82 Å². The van der Waals surface area contributed by atoms with E-state index in [4.69, 9.17) is 4.74 Å². The SMILES string of the molecule is COCCN(CC(=O)N(C)C(C)c1ccc(F)cc1)Cc1ccccc1. The maximum Gasteiger partial charge on any atom is 0.237 e. The lowest BCUT2D eigenvalue weighted by molar-refractivity contribution is -0.133. The summed E-state index contributed by atoms with van der Waals surface area (Å²) in [5.74, 6) is -0.252. The van der Waals surface area contributed by atoms with Crippen LogP contribution in [-0.4, -0.2) is 49.6 Å². The predicted octanol–water partition coefficient (Wildman–Crippen LogP) is 3.49. The van der Waals surface area contributed by atoms with Crippen LogP contribution in [0.4, 0.5) is 4.39 Å². The number of amides is 1. The summed E-state index contributed by atoms with van der Waals surface area (Å²) in [5.41, 5.74) is 2.07. The van der Waals surface area contributed by atoms with E-state index in [1.54, 1.807) is 31.2 Å². The summed E-state index contributed by atoms with van der Waals surface area (Å²) < 4.78 is 18.3. The van der Waals surface area contributed by atoms with Crippen LogP contribution < -0.4 is 0 Å². The first-order valence-electron chi connectivity index (χ1n) is 8.77. The van der Waals surface area contributed by atoms with Crippen molar-refractivity contribution in [1.29, 1.82) is 0 Å². The van der Waals surface area contributed by atoms with Gasteiger partial charge >= 0.3 is 0 Å². The Morgan fingerprint density at radius 2 is 1.77 bits per heavy atom. The standard InChI is InChI=1S/C21H27FN2O2/c1-17(19-9-11-20(22)12-10-19)23(2)21(25)16-24(13-14-26-3)15-18-7-5-4-6-8-18/h4-12,17H,13-16H2,1-3H3. The third-order valence-electron chi connectivity index (χ3n) is 4.55. The molecule has 1 atom stereocenters. The van der Waals surface area contributed by atoms with E-state index >= 15 is 0 Å². The van der Waals surface area contributed by atoms with Gasteiger partial charge in [-0.05, 0) is 30.2 Å². The van der Waals surface area contributed by atoms with Crippen molar-refractivity contribution in [1.82, 2.24) is 9.80 Å². The number of hydrogen-bond acceptors (Lipinski definition) is 3. The van der Waals surface area contributed by atoms with Crippen molar-refractivity contribution in [3.8, 4) is 0 Å². The van der Waals surface area contributed by atoms with E-state index in [0.717, 1.165) is 11.1 Å². The molecule has 0 N–H and O–H groups in total. The molecule has 0 aliphatic carbocycles. The number of rotatable bonds is 9. The summed E-state index contributed by atoms with van der Waals surface area (Å²) in [6.07, 6.45) is 0. The first kappa shape index (κ1) is 20.1. The average molecular weight is 358 g/mol. The summed E-state index contributed by atoms with van der Waals surface area (Å²) in [6.45, 7) is 4.18. The molecular formula is C21H27FN2O2. The lowest BCUT2D eigenvalue weighted by Crippen LogP contribution is -2.40. The van der Waals surface area contributed by atoms with E-state index in [-0.39, 0.29) is 17.8 Å². The van der Waals surface area contributed by atoms with Gasteiger partial charge in [0, 0.05) is 27.2 Å². The van der Waals surface area contributed by atoms with E-state index in [1.807, 2.05) is 25.1 Å². The van der Waals surface area contributed by atoms with Crippen molar-refractivity contribution in [2.75, 3.05) is 33.9 Å². The lowest BCUT2D eigenvalue weighted by Gasteiger charge is -2.29. The quantitative estimate of drug-likeness (QED) is 0.688. The van der Waals surface area contributed by atoms with Crippen LogP contribution in [-0.2, 0) is 16.1 Å². The van der Waals surface area contributed by atoms with Gasteiger partial charge in [0.25, 0.3) is 0 Å². The van der Waals surface area contributed by atoms with Gasteiger partial charge in [-0.2, -0.15) is 0 Å². The molecule has 1 unspecified atom stereocenters. The average Bonchev–Trinajstić information content (AvgIpc) is 2.66. The number of carbonyl (C=O) groups is 1. The molecule has 0 aliphatic heterocycles. The Balaban J connectivity index is 2.01. The molecule has 2 aromatic carbocycles. The lowest BCUT2D eigenvalue weighted by atomic mass is 10.1. The van der Waals surface area contributed by atoms with Crippen molar-refractivity contribution in [2.45, 2.75) is 19.5 Å². The van der Waals surface area contributed by atoms with Crippen molar-refractivity contribution in [3.63, 3.8) is 0 Å². The van der Waals surface area contributed by atoms with Crippen LogP contribution in [0.1, 0.15) is 24.1 Å². The van der Waals surface area contributed by atoms with E-state index in [2.05, 4.69) is 17.0 Å². The third-order valence-corrected chi connectivity index (χ3v) is 4.55. The molecule has 140 valence electrons. The molecule has 2 aromatic rings. The first-order chi connectivity index (χ1) is 12.5. The molecule has 0 heterocycles. The molecule has 0 saturated heterocycles. The normalized spacial score (nSPS) is 12.2. The van der Waals surface area contributed by atoms with Crippen molar-refractivity contribution in [2.24, 2.45) is 0 Å². The fraction of sp³-hybridized carbons (Fsp3) is 0.381. The smallest absolute Gasteiger partial charge is 0.237 e. The Labute approximate surface area is 155 Å². The minimum atomic E-state index is -0.275. The van der Waals surface area contributed by atoms with E-state index < -0.39 is 0 Å². The Morgan fingerprint density at radius 1 is 1.12 bits per heavy atom. The first-order valence-corrected chi connectivity index (χ1v) is 8.77. The van der Waals surface area contributed by atoms with Crippen molar-refractivity contribution >= 4 is 5.91 Å². The molecule has 0 radical (unpaired) electrons. The molecule has 4 nitrogen and oxygen atoms in total. The Bertz CT molecular complexity index is 676. The molecule has 0 saturated carbocycles. The van der Waals surface area contributed by atoms with Crippen LogP contribution in [0.3, 0.4) is 0 Å². The fourth-order valence-corrected chi connectivity index (χ4v) is 2.76. The topological polar surface area (TPSA) is 32.8 Å². The van der Waals surface area contributed by atoms with Gasteiger partial charge in [0.05, 0.1) is 19.2 Å². The minimum Gasteiger partial charge on any atom is -0.383 e. The van der Waals surface area contributed by atoms with Crippen LogP contribution >= 0.6 is 0 Å². The van der Waals surface area contributed by atoms with Gasteiger partial charge in [0.1, 0.15) is 5.82 Å². The molecular weight excluding hydrogens is 331 g/mol. The highest BCUT2D eigenvalue weighted by Gasteiger charge is 2.20. The predicted molar refractivity (Wildman–Crippen MR) is 101 cm³/mol. The number of nitrogens with zero attached hydrogens (tertiary/aromatic N) is 2. The Morgan fingerprint density at radius 3 is 2.38 bits per heavy atom. The Hall–Kier alpha value is -2.24. The minimum absolute atomic E-state index is 0.0221. The largest absolute Gasteiger partial charge is 0.383 e. The highest BCUT2D eigenvalue weighted by molar-refractivity contribution is 5.78. The van der Waals surface area contributed by atoms with Gasteiger partial charge in [-0.25, -0.2) is 4.39 Å². The number of hydrogen-bond donors (Lipinski definition) is 0. The molecule has 1 amide bonds. The molecule has 0 fully saturated rings. The number of methoxy groups -OCH3 is 1. The third kappa shape index (κ3) is 5.93. The summed E-state index contributed by atoms with van der Waals surface area (Å²) in [5, 5.41) is 0. The van der Waals surface area contributed by atoms with Gasteiger partial charge in [0.15, 0.2) is 0 Å². The fourth-order valence-electron chi connectivity index (χ4n) is 2.76. The maximum absolute atomic E-state index is 13.1. The number of carbonyl (C=O) groups excluding carboxylic acids is 1. The molecule has 2 rings (SSSR count). The summed E-state index contributed by atoms with van der Waals surface area (Å²) in [6, 6.07) is 16.2. The van der Waals surface area contributed by atoms with Crippen LogP contribution in [0.25, 0.3) is 0 Å². The van der Waals surface area contributed by atoms with Crippen LogP contribution in [0.2, 0.25) is 0 Å². The second-order valence-corrected chi connectivity index (χ2v) is 6.42. The molecule has 5 heteroatoms. The van der Waals surface area contributed by atoms with Crippen LogP contribution in [0.5, 0.6) is 0 Å². The summed E-state index contributed by atoms with van der Waals surface area (Å²) in [7, 11) is 3.44. The zero-order valence-corrected chi connectivity index (χ0v) is 15.7. The summed E-state index contributed by atoms with van der Waals surface area (Å²) >= 11 is 0. The number of likely N-dealkylation sites (N-methyl/N-ethyl adjacent to an activating group) is 1. The number of ether oxygens (including phenoxy) is 1. The zero-order chi connectivity index (χ0) is 18.9. The highest BCUT2D eigenvalue weighted by atomic mass is 19.1. The van der Waals surface area contributed by atoms with Gasteiger partial charge in [-0.15, -0.1) is 0 Å². The molecule has 0 bridgehead atoms. The van der Waals surface area contributed by atoms with E-state index in [0.29, 0.717) is 26.2 Å². The van der Waals surface area contributed by atoms with E-state index in [9.17, 15) is 9.18 Å². The van der Waals surface area contributed by atoms with Crippen molar-refractivity contribution in [3.05, 3.63) is 71.5 Å². The maximum atomic E-state index is 13.1. The Kier molecular flexibility index (Phi) is 7.75.